The van der Waals surface area contributed by atoms with E-state index < -0.39 is 5.97 Å². The molecule has 0 spiro atoms. The molecule has 0 aliphatic heterocycles. The number of allylic oxidation sites excluding steroid dienone is 1. The minimum absolute atomic E-state index is 0.186. The maximum atomic E-state index is 11.1. The first kappa shape index (κ1) is 17.9. The van der Waals surface area contributed by atoms with Crippen LogP contribution in [0, 0.1) is 0 Å². The highest BCUT2D eigenvalue weighted by molar-refractivity contribution is 9.10. The Morgan fingerprint density at radius 2 is 1.90 bits per heavy atom. The van der Waals surface area contributed by atoms with Crippen LogP contribution in [0.4, 0.5) is 0 Å². The van der Waals surface area contributed by atoms with Gasteiger partial charge >= 0.3 is 5.97 Å². The highest BCUT2D eigenvalue weighted by Gasteiger charge is 2.25. The number of benzene rings is 1. The maximum absolute atomic E-state index is 11.1. The monoisotopic (exact) mass is 354 g/mol. The van der Waals surface area contributed by atoms with Gasteiger partial charge in [-0.1, -0.05) is 39.7 Å². The molecule has 1 N–H and O–H groups in total. The molecule has 116 valence electrons. The van der Waals surface area contributed by atoms with Crippen LogP contribution < -0.4 is 0 Å². The lowest BCUT2D eigenvalue weighted by molar-refractivity contribution is -0.912. The molecule has 0 unspecified atom stereocenters. The number of aliphatic carboxylic acids is 1. The molecule has 0 heterocycles. The lowest BCUT2D eigenvalue weighted by Gasteiger charge is -2.34. The number of hydrogen-bond donors (Lipinski definition) is 1. The second-order valence-corrected chi connectivity index (χ2v) is 6.38. The van der Waals surface area contributed by atoms with Gasteiger partial charge in [0.05, 0.1) is 19.6 Å². The van der Waals surface area contributed by atoms with Crippen LogP contribution in [-0.2, 0) is 11.2 Å². The summed E-state index contributed by atoms with van der Waals surface area (Å²) in [4.78, 5) is 11.1. The molecule has 1 aromatic rings. The van der Waals surface area contributed by atoms with E-state index in [1.54, 1.807) is 0 Å². The Bertz CT molecular complexity index is 507. The third-order valence-electron chi connectivity index (χ3n) is 4.07. The average molecular weight is 355 g/mol. The van der Waals surface area contributed by atoms with E-state index in [0.29, 0.717) is 4.48 Å². The average Bonchev–Trinajstić information content (AvgIpc) is 2.45. The fraction of sp³-hybridized carbons (Fsp3) is 0.471. The van der Waals surface area contributed by atoms with E-state index in [0.717, 1.165) is 30.5 Å². The highest BCUT2D eigenvalue weighted by atomic mass is 79.9. The first-order valence-electron chi connectivity index (χ1n) is 7.38. The summed E-state index contributed by atoms with van der Waals surface area (Å²) in [6, 6.07) is 8.21. The first-order valence-corrected chi connectivity index (χ1v) is 8.17. The molecule has 1 aromatic carbocycles. The van der Waals surface area contributed by atoms with Crippen LogP contribution in [0.3, 0.4) is 0 Å². The molecule has 0 fully saturated rings. The SMILES string of the molecule is CC[N+](CC)(C/C=C(/C)Cc1ccccc1Br)CC(=O)O. The van der Waals surface area contributed by atoms with E-state index in [9.17, 15) is 4.79 Å². The van der Waals surface area contributed by atoms with Gasteiger partial charge in [-0.05, 0) is 44.9 Å². The van der Waals surface area contributed by atoms with Gasteiger partial charge in [-0.2, -0.15) is 0 Å². The predicted octanol–water partition coefficient (Wildman–Crippen LogP) is 3.88. The molecule has 3 nitrogen and oxygen atoms in total. The molecule has 0 bridgehead atoms. The summed E-state index contributed by atoms with van der Waals surface area (Å²) in [6.45, 7) is 8.86. The Morgan fingerprint density at radius 3 is 2.43 bits per heavy atom. The summed E-state index contributed by atoms with van der Waals surface area (Å²) in [5.74, 6) is -0.726. The van der Waals surface area contributed by atoms with Crippen molar-refractivity contribution in [2.24, 2.45) is 0 Å². The summed E-state index contributed by atoms with van der Waals surface area (Å²) >= 11 is 3.57. The van der Waals surface area contributed by atoms with Crippen LogP contribution in [-0.4, -0.2) is 41.7 Å². The van der Waals surface area contributed by atoms with Crippen molar-refractivity contribution in [3.05, 3.63) is 46.0 Å². The summed E-state index contributed by atoms with van der Waals surface area (Å²) in [7, 11) is 0. The van der Waals surface area contributed by atoms with Crippen LogP contribution in [0.5, 0.6) is 0 Å². The maximum Gasteiger partial charge on any atom is 0.359 e. The van der Waals surface area contributed by atoms with Crippen molar-refractivity contribution in [1.29, 1.82) is 0 Å². The smallest absolute Gasteiger partial charge is 0.359 e. The van der Waals surface area contributed by atoms with Gasteiger partial charge in [0.25, 0.3) is 0 Å². The number of halogens is 1. The second-order valence-electron chi connectivity index (χ2n) is 5.53. The zero-order valence-electron chi connectivity index (χ0n) is 13.1. The standard InChI is InChI=1S/C17H24BrNO2/c1-4-19(5-2,13-17(20)21)11-10-14(3)12-15-8-6-7-9-16(15)18/h6-10H,4-5,11-13H2,1-3H3/p+1/b14-10-. The minimum Gasteiger partial charge on any atom is -0.477 e. The van der Waals surface area contributed by atoms with Crippen LogP contribution in [0.1, 0.15) is 26.3 Å². The van der Waals surface area contributed by atoms with Gasteiger partial charge in [-0.25, -0.2) is 4.79 Å². The molecule has 0 atom stereocenters. The Balaban J connectivity index is 2.77. The van der Waals surface area contributed by atoms with Crippen LogP contribution in [0.2, 0.25) is 0 Å². The Hall–Kier alpha value is -1.13. The fourth-order valence-corrected chi connectivity index (χ4v) is 2.85. The van der Waals surface area contributed by atoms with Crippen molar-refractivity contribution in [2.45, 2.75) is 27.2 Å². The van der Waals surface area contributed by atoms with Crippen LogP contribution >= 0.6 is 15.9 Å². The molecule has 0 aliphatic carbocycles. The molecule has 4 heteroatoms. The number of likely N-dealkylation sites (N-methyl/N-ethyl adjacent to an activating group) is 1. The first-order chi connectivity index (χ1) is 9.92. The number of rotatable bonds is 8. The van der Waals surface area contributed by atoms with Gasteiger partial charge in [0, 0.05) is 4.47 Å². The van der Waals surface area contributed by atoms with Gasteiger partial charge in [0.15, 0.2) is 6.54 Å². The summed E-state index contributed by atoms with van der Waals surface area (Å²) in [5.41, 5.74) is 2.53. The topological polar surface area (TPSA) is 37.3 Å². The van der Waals surface area contributed by atoms with Crippen molar-refractivity contribution in [1.82, 2.24) is 0 Å². The molecule has 0 aliphatic rings. The lowest BCUT2D eigenvalue weighted by Crippen LogP contribution is -2.51. The van der Waals surface area contributed by atoms with E-state index in [2.05, 4.69) is 48.8 Å². The largest absolute Gasteiger partial charge is 0.477 e. The number of nitrogens with zero attached hydrogens (tertiary/aromatic N) is 1. The summed E-state index contributed by atoms with van der Waals surface area (Å²) in [5, 5.41) is 9.11. The molecule has 0 saturated heterocycles. The normalized spacial score (nSPS) is 12.5. The summed E-state index contributed by atoms with van der Waals surface area (Å²) in [6.07, 6.45) is 3.08. The van der Waals surface area contributed by atoms with Gasteiger partial charge < -0.3 is 9.59 Å². The van der Waals surface area contributed by atoms with Crippen molar-refractivity contribution in [3.63, 3.8) is 0 Å². The van der Waals surface area contributed by atoms with E-state index in [-0.39, 0.29) is 6.54 Å². The van der Waals surface area contributed by atoms with Gasteiger partial charge in [0.1, 0.15) is 0 Å². The zero-order valence-corrected chi connectivity index (χ0v) is 14.7. The third kappa shape index (κ3) is 5.64. The van der Waals surface area contributed by atoms with E-state index in [4.69, 9.17) is 5.11 Å². The number of carbonyl (C=O) groups is 1. The number of carboxylic acid groups (broad SMARTS) is 1. The molecular formula is C17H25BrNO2+. The molecule has 21 heavy (non-hydrogen) atoms. The number of quaternary nitrogens is 1. The predicted molar refractivity (Wildman–Crippen MR) is 90.3 cm³/mol. The molecule has 0 aromatic heterocycles. The Labute approximate surface area is 136 Å². The van der Waals surface area contributed by atoms with Crippen molar-refractivity contribution in [2.75, 3.05) is 26.2 Å². The second kappa shape index (κ2) is 8.35. The van der Waals surface area contributed by atoms with Crippen LogP contribution in [0.15, 0.2) is 40.4 Å². The summed E-state index contributed by atoms with van der Waals surface area (Å²) < 4.78 is 1.72. The Kier molecular flexibility index (Phi) is 7.12. The van der Waals surface area contributed by atoms with Crippen molar-refractivity contribution >= 4 is 21.9 Å². The van der Waals surface area contributed by atoms with Crippen LogP contribution in [0.25, 0.3) is 0 Å². The molecule has 0 saturated carbocycles. The molecule has 0 radical (unpaired) electrons. The number of carboxylic acids is 1. The van der Waals surface area contributed by atoms with E-state index in [1.807, 2.05) is 18.2 Å². The van der Waals surface area contributed by atoms with Gasteiger partial charge in [-0.3, -0.25) is 0 Å². The zero-order chi connectivity index (χ0) is 15.9. The Morgan fingerprint density at radius 1 is 1.29 bits per heavy atom. The minimum atomic E-state index is -0.726. The molecule has 1 rings (SSSR count). The van der Waals surface area contributed by atoms with Gasteiger partial charge in [-0.15, -0.1) is 0 Å². The van der Waals surface area contributed by atoms with E-state index in [1.165, 1.54) is 11.1 Å². The van der Waals surface area contributed by atoms with E-state index >= 15 is 0 Å². The third-order valence-corrected chi connectivity index (χ3v) is 4.84. The number of hydrogen-bond acceptors (Lipinski definition) is 1. The lowest BCUT2D eigenvalue weighted by atomic mass is 10.1. The quantitative estimate of drug-likeness (QED) is 0.568. The molecule has 0 amide bonds. The van der Waals surface area contributed by atoms with Crippen molar-refractivity contribution < 1.29 is 14.4 Å². The van der Waals surface area contributed by atoms with Crippen molar-refractivity contribution in [3.8, 4) is 0 Å². The fourth-order valence-electron chi connectivity index (χ4n) is 2.42. The highest BCUT2D eigenvalue weighted by Crippen LogP contribution is 2.19. The van der Waals surface area contributed by atoms with Gasteiger partial charge in [0.2, 0.25) is 0 Å². The molecular weight excluding hydrogens is 330 g/mol.